The average Bonchev–Trinajstić information content (AvgIpc) is 2.51. The predicted octanol–water partition coefficient (Wildman–Crippen LogP) is 3.80. The normalized spacial score (nSPS) is 10.3. The summed E-state index contributed by atoms with van der Waals surface area (Å²) in [6.45, 7) is 3.81. The maximum absolute atomic E-state index is 11.9. The van der Waals surface area contributed by atoms with Crippen LogP contribution in [0.15, 0.2) is 72.9 Å². The van der Waals surface area contributed by atoms with Crippen LogP contribution in [-0.4, -0.2) is 5.91 Å². The van der Waals surface area contributed by atoms with Gasteiger partial charge in [-0.2, -0.15) is 0 Å². The van der Waals surface area contributed by atoms with Crippen molar-refractivity contribution in [3.05, 3.63) is 89.1 Å². The smallest absolute Gasteiger partial charge is 0.269 e. The minimum absolute atomic E-state index is 0.272. The molecule has 0 spiro atoms. The molecule has 0 aromatic heterocycles. The van der Waals surface area contributed by atoms with E-state index in [4.69, 9.17) is 11.6 Å². The third-order valence-electron chi connectivity index (χ3n) is 2.70. The Morgan fingerprint density at radius 2 is 1.81 bits per heavy atom. The molecule has 3 nitrogen and oxygen atoms in total. The summed E-state index contributed by atoms with van der Waals surface area (Å²) >= 11 is 5.84. The van der Waals surface area contributed by atoms with Crippen molar-refractivity contribution in [2.45, 2.75) is 0 Å². The van der Waals surface area contributed by atoms with Crippen molar-refractivity contribution in [1.29, 1.82) is 0 Å². The van der Waals surface area contributed by atoms with Crippen LogP contribution in [0.3, 0.4) is 0 Å². The van der Waals surface area contributed by atoms with E-state index in [9.17, 15) is 4.79 Å². The quantitative estimate of drug-likeness (QED) is 0.651. The van der Waals surface area contributed by atoms with Crippen molar-refractivity contribution in [2.24, 2.45) is 0 Å². The summed E-state index contributed by atoms with van der Waals surface area (Å²) in [5, 5.41) is 0.519. The topological polar surface area (TPSA) is 41.1 Å². The zero-order valence-corrected chi connectivity index (χ0v) is 12.1. The molecule has 0 atom stereocenters. The van der Waals surface area contributed by atoms with E-state index < -0.39 is 0 Å². The molecule has 0 unspecified atom stereocenters. The number of carbonyl (C=O) groups is 1. The second-order valence-corrected chi connectivity index (χ2v) is 4.80. The molecule has 2 aromatic rings. The van der Waals surface area contributed by atoms with Crippen LogP contribution < -0.4 is 10.9 Å². The maximum atomic E-state index is 11.9. The summed E-state index contributed by atoms with van der Waals surface area (Å²) in [5.74, 6) is -0.272. The number of amides is 1. The number of hydrogen-bond donors (Lipinski definition) is 2. The van der Waals surface area contributed by atoms with Gasteiger partial charge in [0.15, 0.2) is 0 Å². The van der Waals surface area contributed by atoms with Gasteiger partial charge < -0.3 is 0 Å². The van der Waals surface area contributed by atoms with Crippen LogP contribution >= 0.6 is 11.6 Å². The lowest BCUT2D eigenvalue weighted by Gasteiger charge is -2.08. The summed E-state index contributed by atoms with van der Waals surface area (Å²) < 4.78 is 0. The fourth-order valence-corrected chi connectivity index (χ4v) is 1.83. The summed E-state index contributed by atoms with van der Waals surface area (Å²) in [7, 11) is 0. The number of benzene rings is 2. The zero-order chi connectivity index (χ0) is 15.1. The van der Waals surface area contributed by atoms with Gasteiger partial charge in [-0.1, -0.05) is 60.7 Å². The summed E-state index contributed by atoms with van der Waals surface area (Å²) in [6.07, 6.45) is 3.69. The monoisotopic (exact) mass is 298 g/mol. The number of rotatable bonds is 5. The van der Waals surface area contributed by atoms with E-state index in [1.54, 1.807) is 30.3 Å². The molecular weight excluding hydrogens is 284 g/mol. The summed E-state index contributed by atoms with van der Waals surface area (Å²) in [4.78, 5) is 11.9. The molecule has 2 aromatic carbocycles. The molecule has 0 heterocycles. The van der Waals surface area contributed by atoms with Crippen LogP contribution in [0, 0.1) is 0 Å². The number of hydrogen-bond acceptors (Lipinski definition) is 2. The van der Waals surface area contributed by atoms with Crippen molar-refractivity contribution in [3.8, 4) is 0 Å². The van der Waals surface area contributed by atoms with Gasteiger partial charge in [-0.05, 0) is 29.8 Å². The lowest BCUT2D eigenvalue weighted by molar-refractivity contribution is 0.0939. The van der Waals surface area contributed by atoms with Crippen molar-refractivity contribution < 1.29 is 4.79 Å². The van der Waals surface area contributed by atoms with Crippen molar-refractivity contribution in [1.82, 2.24) is 10.9 Å². The molecule has 0 aliphatic rings. The van der Waals surface area contributed by atoms with Crippen LogP contribution in [0.2, 0.25) is 5.02 Å². The number of nitrogens with one attached hydrogen (secondary N) is 2. The van der Waals surface area contributed by atoms with Crippen LogP contribution in [-0.2, 0) is 0 Å². The van der Waals surface area contributed by atoms with Crippen LogP contribution in [0.25, 0.3) is 6.08 Å². The Morgan fingerprint density at radius 1 is 1.05 bits per heavy atom. The molecule has 0 aliphatic carbocycles. The molecule has 21 heavy (non-hydrogen) atoms. The first kappa shape index (κ1) is 14.9. The molecule has 0 aliphatic heterocycles. The third-order valence-corrected chi connectivity index (χ3v) is 2.94. The van der Waals surface area contributed by atoms with Gasteiger partial charge in [-0.3, -0.25) is 15.6 Å². The highest BCUT2D eigenvalue weighted by atomic mass is 35.5. The van der Waals surface area contributed by atoms with Crippen LogP contribution in [0.4, 0.5) is 0 Å². The van der Waals surface area contributed by atoms with E-state index in [-0.39, 0.29) is 5.91 Å². The molecule has 0 radical (unpaired) electrons. The first-order valence-electron chi connectivity index (χ1n) is 6.39. The first-order chi connectivity index (χ1) is 10.1. The summed E-state index contributed by atoms with van der Waals surface area (Å²) in [5.41, 5.74) is 7.43. The number of allylic oxidation sites excluding steroid dienone is 1. The van der Waals surface area contributed by atoms with E-state index in [0.29, 0.717) is 16.3 Å². The lowest BCUT2D eigenvalue weighted by Crippen LogP contribution is -2.35. The van der Waals surface area contributed by atoms with Gasteiger partial charge in [-0.25, -0.2) is 0 Å². The molecule has 0 saturated carbocycles. The van der Waals surface area contributed by atoms with Gasteiger partial charge in [0.1, 0.15) is 0 Å². The molecule has 2 N–H and O–H groups in total. The number of halogens is 1. The van der Waals surface area contributed by atoms with Gasteiger partial charge >= 0.3 is 0 Å². The highest BCUT2D eigenvalue weighted by molar-refractivity contribution is 6.30. The number of carbonyl (C=O) groups excluding carboxylic acids is 1. The van der Waals surface area contributed by atoms with Crippen molar-refractivity contribution in [3.63, 3.8) is 0 Å². The molecule has 106 valence electrons. The minimum atomic E-state index is -0.272. The van der Waals surface area contributed by atoms with E-state index >= 15 is 0 Å². The van der Waals surface area contributed by atoms with Gasteiger partial charge in [0.05, 0.1) is 0 Å². The Labute approximate surface area is 128 Å². The van der Waals surface area contributed by atoms with Crippen molar-refractivity contribution >= 4 is 23.6 Å². The predicted molar refractivity (Wildman–Crippen MR) is 86.7 cm³/mol. The van der Waals surface area contributed by atoms with E-state index in [0.717, 1.165) is 5.56 Å². The first-order valence-corrected chi connectivity index (χ1v) is 6.77. The average molecular weight is 299 g/mol. The largest absolute Gasteiger partial charge is 0.299 e. The van der Waals surface area contributed by atoms with Gasteiger partial charge in [0.25, 0.3) is 5.91 Å². The van der Waals surface area contributed by atoms with Gasteiger partial charge in [0.2, 0.25) is 0 Å². The molecule has 2 rings (SSSR count). The Hall–Kier alpha value is -2.52. The Bertz CT molecular complexity index is 666. The summed E-state index contributed by atoms with van der Waals surface area (Å²) in [6, 6.07) is 16.5. The molecule has 4 heteroatoms. The molecule has 1 amide bonds. The van der Waals surface area contributed by atoms with E-state index in [1.165, 1.54) is 0 Å². The molecule has 0 saturated heterocycles. The second-order valence-electron chi connectivity index (χ2n) is 4.36. The van der Waals surface area contributed by atoms with Gasteiger partial charge in [0, 0.05) is 16.3 Å². The number of hydrazine groups is 1. The van der Waals surface area contributed by atoms with E-state index in [1.807, 2.05) is 36.4 Å². The fourth-order valence-electron chi connectivity index (χ4n) is 1.64. The molecule has 0 fully saturated rings. The SMILES string of the molecule is C=C(C=Cc1ccccc1)NNC(=O)c1cccc(Cl)c1. The Kier molecular flexibility index (Phi) is 5.18. The molecular formula is C17H15ClN2O. The second kappa shape index (κ2) is 7.31. The van der Waals surface area contributed by atoms with E-state index in [2.05, 4.69) is 17.4 Å². The molecule has 0 bridgehead atoms. The fraction of sp³-hybridized carbons (Fsp3) is 0. The third kappa shape index (κ3) is 4.82. The zero-order valence-electron chi connectivity index (χ0n) is 11.3. The van der Waals surface area contributed by atoms with Gasteiger partial charge in [-0.15, -0.1) is 0 Å². The Balaban J connectivity index is 1.87. The lowest BCUT2D eigenvalue weighted by atomic mass is 10.2. The van der Waals surface area contributed by atoms with Crippen LogP contribution in [0.5, 0.6) is 0 Å². The highest BCUT2D eigenvalue weighted by Crippen LogP contribution is 2.10. The maximum Gasteiger partial charge on any atom is 0.269 e. The Morgan fingerprint density at radius 3 is 2.52 bits per heavy atom. The standard InChI is InChI=1S/C17H15ClN2O/c1-13(10-11-14-6-3-2-4-7-14)19-20-17(21)15-8-5-9-16(18)12-15/h2-12,19H,1H2,(H,20,21). The van der Waals surface area contributed by atoms with Crippen LogP contribution in [0.1, 0.15) is 15.9 Å². The highest BCUT2D eigenvalue weighted by Gasteiger charge is 2.04. The minimum Gasteiger partial charge on any atom is -0.299 e. The van der Waals surface area contributed by atoms with Crippen molar-refractivity contribution in [2.75, 3.05) is 0 Å².